The highest BCUT2D eigenvalue weighted by Gasteiger charge is 2.28. The van der Waals surface area contributed by atoms with Crippen LogP contribution in [0.5, 0.6) is 5.88 Å². The summed E-state index contributed by atoms with van der Waals surface area (Å²) in [5, 5.41) is 0. The number of carbonyl (C=O) groups is 1. The van der Waals surface area contributed by atoms with Gasteiger partial charge < -0.3 is 15.4 Å². The number of hydrogen-bond acceptors (Lipinski definition) is 3. The van der Waals surface area contributed by atoms with E-state index in [1.54, 1.807) is 11.1 Å². The van der Waals surface area contributed by atoms with Gasteiger partial charge in [-0.15, -0.1) is 0 Å². The van der Waals surface area contributed by atoms with Gasteiger partial charge in [0.2, 0.25) is 5.88 Å². The Balaban J connectivity index is 1.92. The van der Waals surface area contributed by atoms with E-state index in [4.69, 9.17) is 10.5 Å². The van der Waals surface area contributed by atoms with Crippen molar-refractivity contribution in [1.82, 2.24) is 9.88 Å². The molecule has 0 radical (unpaired) electrons. The monoisotopic (exact) mass is 235 g/mol. The van der Waals surface area contributed by atoms with Crippen LogP contribution in [0.25, 0.3) is 0 Å². The van der Waals surface area contributed by atoms with Crippen LogP contribution in [-0.4, -0.2) is 34.6 Å². The van der Waals surface area contributed by atoms with E-state index < -0.39 is 0 Å². The molecule has 2 heterocycles. The molecular formula is C12H17N3O2. The second-order valence-electron chi connectivity index (χ2n) is 4.31. The smallest absolute Gasteiger partial charge is 0.315 e. The van der Waals surface area contributed by atoms with Gasteiger partial charge in [-0.05, 0) is 13.0 Å². The fourth-order valence-electron chi connectivity index (χ4n) is 2.15. The number of likely N-dealkylation sites (tertiary alicyclic amines) is 1. The maximum absolute atomic E-state index is 11.1. The van der Waals surface area contributed by atoms with Crippen LogP contribution in [0.3, 0.4) is 0 Å². The van der Waals surface area contributed by atoms with Gasteiger partial charge in [0.25, 0.3) is 0 Å². The molecule has 92 valence electrons. The van der Waals surface area contributed by atoms with Gasteiger partial charge in [0.15, 0.2) is 0 Å². The number of aromatic nitrogens is 1. The number of nitrogens with zero attached hydrogens (tertiary/aromatic N) is 2. The summed E-state index contributed by atoms with van der Waals surface area (Å²) < 4.78 is 5.76. The second kappa shape index (κ2) is 5.03. The van der Waals surface area contributed by atoms with Gasteiger partial charge in [-0.1, -0.05) is 6.07 Å². The third-order valence-corrected chi connectivity index (χ3v) is 3.04. The average Bonchev–Trinajstić information content (AvgIpc) is 2.30. The zero-order valence-corrected chi connectivity index (χ0v) is 9.87. The molecule has 0 saturated carbocycles. The Kier molecular flexibility index (Phi) is 3.46. The van der Waals surface area contributed by atoms with Crippen molar-refractivity contribution in [3.63, 3.8) is 0 Å². The molecule has 2 atom stereocenters. The molecule has 2 rings (SSSR count). The number of urea groups is 1. The highest BCUT2D eigenvalue weighted by molar-refractivity contribution is 5.72. The molecule has 5 heteroatoms. The molecule has 1 aliphatic heterocycles. The molecule has 1 aliphatic rings. The van der Waals surface area contributed by atoms with E-state index in [2.05, 4.69) is 4.98 Å². The average molecular weight is 235 g/mol. The van der Waals surface area contributed by atoms with Gasteiger partial charge in [-0.3, -0.25) is 0 Å². The molecule has 2 N–H and O–H groups in total. The molecule has 5 nitrogen and oxygen atoms in total. The van der Waals surface area contributed by atoms with E-state index in [-0.39, 0.29) is 18.2 Å². The Labute approximate surface area is 101 Å². The normalized spacial score (nSPS) is 24.4. The summed E-state index contributed by atoms with van der Waals surface area (Å²) in [6.07, 6.45) is 3.40. The number of ether oxygens (including phenoxy) is 1. The van der Waals surface area contributed by atoms with E-state index in [1.165, 1.54) is 0 Å². The molecule has 2 amide bonds. The predicted molar refractivity (Wildman–Crippen MR) is 63.6 cm³/mol. The lowest BCUT2D eigenvalue weighted by molar-refractivity contribution is 0.0802. The lowest BCUT2D eigenvalue weighted by Gasteiger charge is -2.36. The zero-order valence-electron chi connectivity index (χ0n) is 9.87. The van der Waals surface area contributed by atoms with Crippen molar-refractivity contribution >= 4 is 6.03 Å². The summed E-state index contributed by atoms with van der Waals surface area (Å²) in [7, 11) is 0. The van der Waals surface area contributed by atoms with E-state index in [1.807, 2.05) is 25.1 Å². The van der Waals surface area contributed by atoms with Crippen LogP contribution < -0.4 is 10.5 Å². The second-order valence-corrected chi connectivity index (χ2v) is 4.31. The first-order valence-corrected chi connectivity index (χ1v) is 5.80. The largest absolute Gasteiger partial charge is 0.474 e. The topological polar surface area (TPSA) is 68.4 Å². The summed E-state index contributed by atoms with van der Waals surface area (Å²) in [4.78, 5) is 16.9. The van der Waals surface area contributed by atoms with Gasteiger partial charge in [0.1, 0.15) is 6.10 Å². The quantitative estimate of drug-likeness (QED) is 0.842. The number of primary amides is 1. The van der Waals surface area contributed by atoms with Crippen molar-refractivity contribution in [2.45, 2.75) is 31.9 Å². The Morgan fingerprint density at radius 2 is 2.41 bits per heavy atom. The van der Waals surface area contributed by atoms with Crippen LogP contribution in [0, 0.1) is 0 Å². The molecule has 1 aromatic rings. The maximum atomic E-state index is 11.1. The third kappa shape index (κ3) is 2.87. The van der Waals surface area contributed by atoms with Crippen molar-refractivity contribution in [3.8, 4) is 5.88 Å². The Morgan fingerprint density at radius 1 is 1.59 bits per heavy atom. The number of hydrogen-bond donors (Lipinski definition) is 1. The maximum Gasteiger partial charge on any atom is 0.315 e. The van der Waals surface area contributed by atoms with E-state index >= 15 is 0 Å². The standard InChI is InChI=1S/C12H17N3O2/c1-9-8-10(5-7-15(9)12(13)16)17-11-4-2-3-6-14-11/h2-4,6,9-10H,5,7-8H2,1H3,(H2,13,16). The van der Waals surface area contributed by atoms with Gasteiger partial charge in [-0.25, -0.2) is 9.78 Å². The van der Waals surface area contributed by atoms with Crippen molar-refractivity contribution < 1.29 is 9.53 Å². The fraction of sp³-hybridized carbons (Fsp3) is 0.500. The third-order valence-electron chi connectivity index (χ3n) is 3.04. The molecule has 0 aromatic carbocycles. The van der Waals surface area contributed by atoms with Crippen LogP contribution in [0.4, 0.5) is 4.79 Å². The first-order chi connectivity index (χ1) is 8.16. The first kappa shape index (κ1) is 11.7. The van der Waals surface area contributed by atoms with Gasteiger partial charge in [0, 0.05) is 37.7 Å². The van der Waals surface area contributed by atoms with Crippen LogP contribution in [-0.2, 0) is 0 Å². The number of nitrogens with two attached hydrogens (primary N) is 1. The van der Waals surface area contributed by atoms with E-state index in [9.17, 15) is 4.79 Å². The number of rotatable bonds is 2. The lowest BCUT2D eigenvalue weighted by Crippen LogP contribution is -2.49. The molecule has 0 bridgehead atoms. The van der Waals surface area contributed by atoms with Crippen LogP contribution in [0.1, 0.15) is 19.8 Å². The lowest BCUT2D eigenvalue weighted by atomic mass is 10.0. The first-order valence-electron chi connectivity index (χ1n) is 5.80. The summed E-state index contributed by atoms with van der Waals surface area (Å²) in [5.74, 6) is 0.636. The zero-order chi connectivity index (χ0) is 12.3. The molecule has 1 aromatic heterocycles. The van der Waals surface area contributed by atoms with E-state index in [0.717, 1.165) is 12.8 Å². The number of carbonyl (C=O) groups excluding carboxylic acids is 1. The fourth-order valence-corrected chi connectivity index (χ4v) is 2.15. The Hall–Kier alpha value is -1.78. The molecule has 0 spiro atoms. The van der Waals surface area contributed by atoms with Crippen molar-refractivity contribution in [1.29, 1.82) is 0 Å². The minimum Gasteiger partial charge on any atom is -0.474 e. The summed E-state index contributed by atoms with van der Waals surface area (Å²) >= 11 is 0. The van der Waals surface area contributed by atoms with Crippen LogP contribution in [0.15, 0.2) is 24.4 Å². The van der Waals surface area contributed by atoms with Crippen molar-refractivity contribution in [2.75, 3.05) is 6.54 Å². The number of pyridine rings is 1. The number of piperidine rings is 1. The van der Waals surface area contributed by atoms with Gasteiger partial charge in [-0.2, -0.15) is 0 Å². The molecule has 1 saturated heterocycles. The van der Waals surface area contributed by atoms with Crippen LogP contribution >= 0.6 is 0 Å². The van der Waals surface area contributed by atoms with Gasteiger partial charge in [0.05, 0.1) is 0 Å². The SMILES string of the molecule is CC1CC(Oc2ccccn2)CCN1C(N)=O. The van der Waals surface area contributed by atoms with Crippen molar-refractivity contribution in [2.24, 2.45) is 5.73 Å². The predicted octanol–water partition coefficient (Wildman–Crippen LogP) is 1.39. The highest BCUT2D eigenvalue weighted by atomic mass is 16.5. The summed E-state index contributed by atoms with van der Waals surface area (Å²) in [6.45, 7) is 2.63. The molecule has 1 fully saturated rings. The summed E-state index contributed by atoms with van der Waals surface area (Å²) in [5.41, 5.74) is 5.29. The van der Waals surface area contributed by atoms with Crippen LogP contribution in [0.2, 0.25) is 0 Å². The minimum absolute atomic E-state index is 0.107. The molecule has 17 heavy (non-hydrogen) atoms. The Morgan fingerprint density at radius 3 is 3.00 bits per heavy atom. The summed E-state index contributed by atoms with van der Waals surface area (Å²) in [6, 6.07) is 5.35. The van der Waals surface area contributed by atoms with Gasteiger partial charge >= 0.3 is 6.03 Å². The minimum atomic E-state index is -0.353. The number of amides is 2. The molecule has 0 aliphatic carbocycles. The molecule has 2 unspecified atom stereocenters. The Bertz CT molecular complexity index is 383. The van der Waals surface area contributed by atoms with Crippen molar-refractivity contribution in [3.05, 3.63) is 24.4 Å². The highest BCUT2D eigenvalue weighted by Crippen LogP contribution is 2.21. The van der Waals surface area contributed by atoms with E-state index in [0.29, 0.717) is 12.4 Å². The molecular weight excluding hydrogens is 218 g/mol.